The molecule has 0 saturated heterocycles. The van der Waals surface area contributed by atoms with Crippen molar-refractivity contribution in [3.63, 3.8) is 0 Å². The highest BCUT2D eigenvalue weighted by atomic mass is 16.5. The molecule has 1 N–H and O–H groups in total. The van der Waals surface area contributed by atoms with Gasteiger partial charge in [0.05, 0.1) is 25.5 Å². The largest absolute Gasteiger partial charge is 0.497 e. The van der Waals surface area contributed by atoms with Gasteiger partial charge in [-0.1, -0.05) is 24.3 Å². The zero-order valence-corrected chi connectivity index (χ0v) is 20.1. The minimum absolute atomic E-state index is 0.0191. The first-order chi connectivity index (χ1) is 17.8. The third-order valence-electron chi connectivity index (χ3n) is 7.40. The van der Waals surface area contributed by atoms with Gasteiger partial charge in [0.1, 0.15) is 23.6 Å². The second-order valence-electron chi connectivity index (χ2n) is 9.36. The van der Waals surface area contributed by atoms with Crippen LogP contribution in [0.25, 0.3) is 22.2 Å². The smallest absolute Gasteiger partial charge is 0.133 e. The summed E-state index contributed by atoms with van der Waals surface area (Å²) in [5.74, 6) is 2.75. The number of nitrogens with zero attached hydrogens (tertiary/aromatic N) is 3. The van der Waals surface area contributed by atoms with Gasteiger partial charge in [0.15, 0.2) is 0 Å². The molecule has 6 heteroatoms. The topological polar surface area (TPSA) is 63.3 Å². The Hall–Kier alpha value is -4.32. The molecule has 2 aliphatic rings. The molecular weight excluding hydrogens is 448 g/mol. The SMILES string of the molecule is COc1ccc(-c2cc(N3CCc4c([nH]c5ccccc45)C3c3ccc4c(c3)CCO4)ncn2)cc1. The summed E-state index contributed by atoms with van der Waals surface area (Å²) >= 11 is 0. The second-order valence-corrected chi connectivity index (χ2v) is 9.36. The Bertz CT molecular complexity index is 1570. The van der Waals surface area contributed by atoms with Crippen LogP contribution in [0.1, 0.15) is 28.4 Å². The molecule has 0 saturated carbocycles. The number of anilines is 1. The molecule has 0 radical (unpaired) electrons. The minimum Gasteiger partial charge on any atom is -0.497 e. The molecule has 0 bridgehead atoms. The van der Waals surface area contributed by atoms with Crippen LogP contribution in [0.15, 0.2) is 79.1 Å². The molecule has 3 aromatic carbocycles. The minimum atomic E-state index is 0.0191. The monoisotopic (exact) mass is 474 g/mol. The van der Waals surface area contributed by atoms with Crippen LogP contribution in [-0.4, -0.2) is 35.2 Å². The van der Waals surface area contributed by atoms with Gasteiger partial charge >= 0.3 is 0 Å². The number of rotatable bonds is 4. The van der Waals surface area contributed by atoms with Crippen molar-refractivity contribution in [1.29, 1.82) is 0 Å². The molecule has 7 rings (SSSR count). The maximum Gasteiger partial charge on any atom is 0.133 e. The Labute approximate surface area is 209 Å². The molecule has 0 aliphatic carbocycles. The van der Waals surface area contributed by atoms with Crippen molar-refractivity contribution < 1.29 is 9.47 Å². The Morgan fingerprint density at radius 2 is 1.86 bits per heavy atom. The summed E-state index contributed by atoms with van der Waals surface area (Å²) in [7, 11) is 1.68. The molecule has 4 heterocycles. The first-order valence-corrected chi connectivity index (χ1v) is 12.4. The van der Waals surface area contributed by atoms with E-state index in [0.717, 1.165) is 54.6 Å². The summed E-state index contributed by atoms with van der Waals surface area (Å²) in [4.78, 5) is 15.5. The quantitative estimate of drug-likeness (QED) is 0.361. The van der Waals surface area contributed by atoms with E-state index < -0.39 is 0 Å². The fourth-order valence-electron chi connectivity index (χ4n) is 5.63. The van der Waals surface area contributed by atoms with Crippen molar-refractivity contribution >= 4 is 16.7 Å². The maximum absolute atomic E-state index is 5.80. The van der Waals surface area contributed by atoms with Gasteiger partial charge in [-0.25, -0.2) is 9.97 Å². The fraction of sp³-hybridized carbons (Fsp3) is 0.200. The maximum atomic E-state index is 5.80. The highest BCUT2D eigenvalue weighted by molar-refractivity contribution is 5.86. The third-order valence-corrected chi connectivity index (χ3v) is 7.40. The summed E-state index contributed by atoms with van der Waals surface area (Å²) in [6.07, 6.45) is 3.57. The average Bonchev–Trinajstić information content (AvgIpc) is 3.57. The van der Waals surface area contributed by atoms with E-state index in [1.54, 1.807) is 13.4 Å². The molecule has 2 aliphatic heterocycles. The first-order valence-electron chi connectivity index (χ1n) is 12.4. The number of benzene rings is 3. The Kier molecular flexibility index (Phi) is 4.91. The molecule has 0 spiro atoms. The van der Waals surface area contributed by atoms with Crippen LogP contribution in [0, 0.1) is 0 Å². The molecule has 1 atom stereocenters. The van der Waals surface area contributed by atoms with Crippen molar-refractivity contribution in [3.8, 4) is 22.8 Å². The van der Waals surface area contributed by atoms with Crippen molar-refractivity contribution in [2.24, 2.45) is 0 Å². The van der Waals surface area contributed by atoms with Crippen LogP contribution in [0.3, 0.4) is 0 Å². The number of ether oxygens (including phenoxy) is 2. The van der Waals surface area contributed by atoms with Crippen molar-refractivity contribution in [1.82, 2.24) is 15.0 Å². The standard InChI is InChI=1S/C30H26N4O2/c1-35-22-9-6-19(7-10-22)26-17-28(32-18-31-26)34-14-12-24-23-4-2-3-5-25(23)33-29(24)30(34)21-8-11-27-20(16-21)13-15-36-27/h2-11,16-18,30,33H,12-15H2,1H3. The van der Waals surface area contributed by atoms with Crippen LogP contribution >= 0.6 is 0 Å². The fourth-order valence-corrected chi connectivity index (χ4v) is 5.63. The van der Waals surface area contributed by atoms with Crippen molar-refractivity contribution in [3.05, 3.63) is 102 Å². The van der Waals surface area contributed by atoms with E-state index in [2.05, 4.69) is 63.4 Å². The highest BCUT2D eigenvalue weighted by Gasteiger charge is 2.33. The van der Waals surface area contributed by atoms with Gasteiger partial charge in [-0.2, -0.15) is 0 Å². The van der Waals surface area contributed by atoms with E-state index in [1.807, 2.05) is 24.3 Å². The Balaban J connectivity index is 1.35. The number of para-hydroxylation sites is 1. The van der Waals surface area contributed by atoms with Gasteiger partial charge in [-0.05, 0) is 65.6 Å². The van der Waals surface area contributed by atoms with Crippen LogP contribution in [-0.2, 0) is 12.8 Å². The van der Waals surface area contributed by atoms with Crippen LogP contribution in [0.5, 0.6) is 11.5 Å². The first kappa shape index (κ1) is 21.0. The molecular formula is C30H26N4O2. The molecule has 5 aromatic rings. The van der Waals surface area contributed by atoms with Crippen LogP contribution in [0.4, 0.5) is 5.82 Å². The molecule has 0 fully saturated rings. The lowest BCUT2D eigenvalue weighted by atomic mass is 9.91. The van der Waals surface area contributed by atoms with Gasteiger partial charge in [0.2, 0.25) is 0 Å². The predicted molar refractivity (Wildman–Crippen MR) is 141 cm³/mol. The number of aromatic amines is 1. The zero-order chi connectivity index (χ0) is 24.1. The molecule has 178 valence electrons. The average molecular weight is 475 g/mol. The van der Waals surface area contributed by atoms with E-state index in [4.69, 9.17) is 14.5 Å². The number of H-pyrrole nitrogens is 1. The van der Waals surface area contributed by atoms with Gasteiger partial charge in [-0.3, -0.25) is 0 Å². The highest BCUT2D eigenvalue weighted by Crippen LogP contribution is 2.42. The van der Waals surface area contributed by atoms with Crippen molar-refractivity contribution in [2.75, 3.05) is 25.2 Å². The number of fused-ring (bicyclic) bond motifs is 4. The van der Waals surface area contributed by atoms with Crippen LogP contribution in [0.2, 0.25) is 0 Å². The second kappa shape index (κ2) is 8.41. The molecule has 0 amide bonds. The lowest BCUT2D eigenvalue weighted by molar-refractivity contribution is 0.357. The van der Waals surface area contributed by atoms with Gasteiger partial charge < -0.3 is 19.4 Å². The number of nitrogens with one attached hydrogen (secondary N) is 1. The normalized spacial score (nSPS) is 16.5. The summed E-state index contributed by atoms with van der Waals surface area (Å²) in [5, 5.41) is 1.31. The number of methoxy groups -OCH3 is 1. The van der Waals surface area contributed by atoms with Gasteiger partial charge in [-0.15, -0.1) is 0 Å². The van der Waals surface area contributed by atoms with E-state index >= 15 is 0 Å². The Morgan fingerprint density at radius 1 is 0.972 bits per heavy atom. The third kappa shape index (κ3) is 3.40. The zero-order valence-electron chi connectivity index (χ0n) is 20.1. The predicted octanol–water partition coefficient (Wildman–Crippen LogP) is 5.72. The molecule has 36 heavy (non-hydrogen) atoms. The lowest BCUT2D eigenvalue weighted by Gasteiger charge is -2.37. The van der Waals surface area contributed by atoms with E-state index in [1.165, 1.54) is 33.3 Å². The summed E-state index contributed by atoms with van der Waals surface area (Å²) in [5.41, 5.74) is 8.27. The van der Waals surface area contributed by atoms with E-state index in [0.29, 0.717) is 0 Å². The number of hydrogen-bond donors (Lipinski definition) is 1. The number of aromatic nitrogens is 3. The summed E-state index contributed by atoms with van der Waals surface area (Å²) in [6.45, 7) is 1.62. The van der Waals surface area contributed by atoms with Crippen molar-refractivity contribution in [2.45, 2.75) is 18.9 Å². The van der Waals surface area contributed by atoms with Crippen LogP contribution < -0.4 is 14.4 Å². The lowest BCUT2D eigenvalue weighted by Crippen LogP contribution is -2.36. The van der Waals surface area contributed by atoms with E-state index in [9.17, 15) is 0 Å². The number of hydrogen-bond acceptors (Lipinski definition) is 5. The molecule has 2 aromatic heterocycles. The summed E-state index contributed by atoms with van der Waals surface area (Å²) < 4.78 is 11.1. The molecule has 1 unspecified atom stereocenters. The van der Waals surface area contributed by atoms with E-state index in [-0.39, 0.29) is 6.04 Å². The van der Waals surface area contributed by atoms with Gasteiger partial charge in [0, 0.05) is 41.2 Å². The molecule has 6 nitrogen and oxygen atoms in total. The van der Waals surface area contributed by atoms with Gasteiger partial charge in [0.25, 0.3) is 0 Å². The summed E-state index contributed by atoms with van der Waals surface area (Å²) in [6, 6.07) is 25.3. The Morgan fingerprint density at radius 3 is 2.75 bits per heavy atom.